The smallest absolute Gasteiger partial charge is 0.331 e. The molecule has 0 aliphatic rings. The zero-order chi connectivity index (χ0) is 17.3. The lowest BCUT2D eigenvalue weighted by molar-refractivity contribution is -0.138. The lowest BCUT2D eigenvalue weighted by Crippen LogP contribution is -2.31. The Labute approximate surface area is 154 Å². The minimum atomic E-state index is -1.46. The predicted octanol–water partition coefficient (Wildman–Crippen LogP) is 5.03. The quantitative estimate of drug-likeness (QED) is 0.629. The van der Waals surface area contributed by atoms with Crippen LogP contribution in [0.2, 0.25) is 5.02 Å². The van der Waals surface area contributed by atoms with Crippen molar-refractivity contribution in [2.24, 2.45) is 0 Å². The number of carbonyl (C=O) groups is 1. The Morgan fingerprint density at radius 1 is 1.25 bits per heavy atom. The number of carboxylic acid groups (broad SMARTS) is 1. The van der Waals surface area contributed by atoms with Gasteiger partial charge >= 0.3 is 5.97 Å². The summed E-state index contributed by atoms with van der Waals surface area (Å²) < 4.78 is -1.46. The van der Waals surface area contributed by atoms with Gasteiger partial charge in [-0.3, -0.25) is 0 Å². The lowest BCUT2D eigenvalue weighted by atomic mass is 9.92. The summed E-state index contributed by atoms with van der Waals surface area (Å²) in [5.41, 5.74) is 3.60. The monoisotopic (exact) mass is 375 g/mol. The van der Waals surface area contributed by atoms with Gasteiger partial charge in [-0.05, 0) is 41.3 Å². The maximum atomic E-state index is 11.9. The van der Waals surface area contributed by atoms with Crippen molar-refractivity contribution in [1.29, 1.82) is 0 Å². The summed E-state index contributed by atoms with van der Waals surface area (Å²) >= 11 is 11.7. The second kappa shape index (κ2) is 6.59. The number of rotatable bonds is 4. The molecule has 2 aromatic carbocycles. The van der Waals surface area contributed by atoms with Crippen LogP contribution in [0, 0.1) is 6.92 Å². The zero-order valence-corrected chi connectivity index (χ0v) is 15.2. The molecule has 122 valence electrons. The predicted molar refractivity (Wildman–Crippen MR) is 101 cm³/mol. The minimum Gasteiger partial charge on any atom is -0.480 e. The number of thiazole rings is 1. The molecule has 0 fully saturated rings. The minimum absolute atomic E-state index is 0.442. The van der Waals surface area contributed by atoms with E-state index in [-0.39, 0.29) is 0 Å². The van der Waals surface area contributed by atoms with Gasteiger partial charge in [-0.15, -0.1) is 24.0 Å². The first-order valence-corrected chi connectivity index (χ1v) is 8.86. The molecule has 1 heterocycles. The van der Waals surface area contributed by atoms with E-state index >= 15 is 0 Å². The zero-order valence-electron chi connectivity index (χ0n) is 12.7. The van der Waals surface area contributed by atoms with Gasteiger partial charge in [0.05, 0.1) is 0 Å². The second-order valence-electron chi connectivity index (χ2n) is 5.39. The fraction of sp³-hybridized carbons (Fsp3) is 0.111. The Morgan fingerprint density at radius 2 is 1.96 bits per heavy atom. The van der Waals surface area contributed by atoms with Crippen molar-refractivity contribution in [2.45, 2.75) is 11.7 Å². The van der Waals surface area contributed by atoms with Crippen molar-refractivity contribution < 1.29 is 9.90 Å². The number of carboxylic acids is 1. The first-order chi connectivity index (χ1) is 11.4. The van der Waals surface area contributed by atoms with E-state index in [9.17, 15) is 9.90 Å². The second-order valence-corrected chi connectivity index (χ2v) is 7.39. The van der Waals surface area contributed by atoms with Crippen LogP contribution in [0.25, 0.3) is 11.1 Å². The third-order valence-corrected chi connectivity index (χ3v) is 5.81. The molecule has 6 heteroatoms. The van der Waals surface area contributed by atoms with Gasteiger partial charge in [0.2, 0.25) is 0 Å². The van der Waals surface area contributed by atoms with E-state index in [1.165, 1.54) is 11.3 Å². The Morgan fingerprint density at radius 3 is 2.50 bits per heavy atom. The van der Waals surface area contributed by atoms with Crippen molar-refractivity contribution in [1.82, 2.24) is 4.98 Å². The largest absolute Gasteiger partial charge is 0.480 e. The molecule has 0 radical (unpaired) electrons. The average Bonchev–Trinajstić information content (AvgIpc) is 3.09. The van der Waals surface area contributed by atoms with Crippen LogP contribution in [0.4, 0.5) is 0 Å². The third kappa shape index (κ3) is 2.95. The molecule has 1 aromatic heterocycles. The molecule has 0 saturated heterocycles. The molecule has 3 aromatic rings. The van der Waals surface area contributed by atoms with Gasteiger partial charge in [-0.2, -0.15) is 0 Å². The number of nitrogens with zero attached hydrogens (tertiary/aromatic N) is 1. The highest BCUT2D eigenvalue weighted by Crippen LogP contribution is 2.39. The maximum absolute atomic E-state index is 11.9. The first kappa shape index (κ1) is 17.0. The average molecular weight is 376 g/mol. The highest BCUT2D eigenvalue weighted by atomic mass is 35.5. The topological polar surface area (TPSA) is 50.2 Å². The van der Waals surface area contributed by atoms with Gasteiger partial charge in [0.25, 0.3) is 0 Å². The third-order valence-electron chi connectivity index (χ3n) is 3.85. The van der Waals surface area contributed by atoms with E-state index in [1.807, 2.05) is 43.3 Å². The molecular weight excluding hydrogens is 362 g/mol. The summed E-state index contributed by atoms with van der Waals surface area (Å²) in [6.45, 7) is 1.95. The Bertz CT molecular complexity index is 879. The lowest BCUT2D eigenvalue weighted by Gasteiger charge is -2.23. The number of hydrogen-bond donors (Lipinski definition) is 2. The van der Waals surface area contributed by atoms with Crippen molar-refractivity contribution in [3.8, 4) is 11.1 Å². The van der Waals surface area contributed by atoms with Crippen molar-refractivity contribution in [3.63, 3.8) is 0 Å². The maximum Gasteiger partial charge on any atom is 0.331 e. The molecule has 0 spiro atoms. The molecule has 0 saturated carbocycles. The highest BCUT2D eigenvalue weighted by Gasteiger charge is 2.41. The van der Waals surface area contributed by atoms with Crippen LogP contribution in [-0.4, -0.2) is 16.1 Å². The molecule has 0 amide bonds. The summed E-state index contributed by atoms with van der Waals surface area (Å²) in [7, 11) is 0. The van der Waals surface area contributed by atoms with E-state index in [0.29, 0.717) is 15.6 Å². The molecule has 0 bridgehead atoms. The summed E-state index contributed by atoms with van der Waals surface area (Å²) in [6.07, 6.45) is 1.59. The van der Waals surface area contributed by atoms with E-state index in [4.69, 9.17) is 11.6 Å². The van der Waals surface area contributed by atoms with Crippen molar-refractivity contribution in [3.05, 3.63) is 75.2 Å². The van der Waals surface area contributed by atoms with Gasteiger partial charge in [0, 0.05) is 16.6 Å². The highest BCUT2D eigenvalue weighted by molar-refractivity contribution is 7.82. The number of aromatic nitrogens is 1. The fourth-order valence-corrected chi connectivity index (χ4v) is 3.81. The fourth-order valence-electron chi connectivity index (χ4n) is 2.58. The molecule has 0 aliphatic carbocycles. The van der Waals surface area contributed by atoms with E-state index in [2.05, 4.69) is 17.6 Å². The van der Waals surface area contributed by atoms with Crippen LogP contribution >= 0.6 is 35.6 Å². The number of hydrogen-bond acceptors (Lipinski definition) is 4. The number of aliphatic carboxylic acids is 1. The Balaban J connectivity index is 2.08. The van der Waals surface area contributed by atoms with Gasteiger partial charge in [-0.25, -0.2) is 9.78 Å². The molecule has 3 rings (SSSR count). The standard InChI is InChI=1S/C18H14ClNO2S2/c1-11-10-13(18(23,17(21)22)16-20-8-9-24-16)4-7-15(11)12-2-5-14(19)6-3-12/h2-10,23H,1H3,(H,21,22). The van der Waals surface area contributed by atoms with Crippen LogP contribution in [0.1, 0.15) is 16.1 Å². The number of thiol groups is 1. The van der Waals surface area contributed by atoms with E-state index in [0.717, 1.165) is 16.7 Å². The molecule has 1 unspecified atom stereocenters. The summed E-state index contributed by atoms with van der Waals surface area (Å²) in [6, 6.07) is 13.1. The number of aryl methyl sites for hydroxylation is 1. The number of benzene rings is 2. The van der Waals surface area contributed by atoms with Crippen molar-refractivity contribution >= 4 is 41.5 Å². The van der Waals surface area contributed by atoms with Crippen LogP contribution in [0.5, 0.6) is 0 Å². The van der Waals surface area contributed by atoms with Crippen LogP contribution in [-0.2, 0) is 9.54 Å². The van der Waals surface area contributed by atoms with Gasteiger partial charge in [0.1, 0.15) is 5.01 Å². The molecular formula is C18H14ClNO2S2. The Kier molecular flexibility index (Phi) is 4.67. The first-order valence-electron chi connectivity index (χ1n) is 7.15. The SMILES string of the molecule is Cc1cc(C(S)(C(=O)O)c2nccs2)ccc1-c1ccc(Cl)cc1. The Hall–Kier alpha value is -1.82. The summed E-state index contributed by atoms with van der Waals surface area (Å²) in [5, 5.41) is 12.6. The van der Waals surface area contributed by atoms with Crippen molar-refractivity contribution in [2.75, 3.05) is 0 Å². The molecule has 24 heavy (non-hydrogen) atoms. The van der Waals surface area contributed by atoms with Gasteiger partial charge in [-0.1, -0.05) is 41.9 Å². The molecule has 1 atom stereocenters. The van der Waals surface area contributed by atoms with E-state index in [1.54, 1.807) is 17.6 Å². The number of halogens is 1. The van der Waals surface area contributed by atoms with Crippen LogP contribution < -0.4 is 0 Å². The normalized spacial score (nSPS) is 13.5. The molecule has 0 aliphatic heterocycles. The molecule has 3 nitrogen and oxygen atoms in total. The molecule has 1 N–H and O–H groups in total. The van der Waals surface area contributed by atoms with Crippen LogP contribution in [0.3, 0.4) is 0 Å². The van der Waals surface area contributed by atoms with Crippen LogP contribution in [0.15, 0.2) is 54.0 Å². The van der Waals surface area contributed by atoms with Gasteiger partial charge in [0.15, 0.2) is 4.75 Å². The summed E-state index contributed by atoms with van der Waals surface area (Å²) in [4.78, 5) is 16.1. The van der Waals surface area contributed by atoms with E-state index < -0.39 is 10.7 Å². The summed E-state index contributed by atoms with van der Waals surface area (Å²) in [5.74, 6) is -1.04. The van der Waals surface area contributed by atoms with Gasteiger partial charge < -0.3 is 5.11 Å².